The van der Waals surface area contributed by atoms with E-state index in [0.717, 1.165) is 6.21 Å². The molecule has 0 fully saturated rings. The molecule has 138 valence electrons. The van der Waals surface area contributed by atoms with Gasteiger partial charge in [0.15, 0.2) is 11.5 Å². The normalized spacial score (nSPS) is 14.6. The number of alkyl halides is 2. The van der Waals surface area contributed by atoms with Crippen LogP contribution in [0, 0.1) is 0 Å². The highest BCUT2D eigenvalue weighted by Crippen LogP contribution is 2.35. The lowest BCUT2D eigenvalue weighted by atomic mass is 10.00. The highest BCUT2D eigenvalue weighted by atomic mass is 35.5. The van der Waals surface area contributed by atoms with Gasteiger partial charge in [-0.3, -0.25) is 0 Å². The minimum absolute atomic E-state index is 0.00771. The lowest BCUT2D eigenvalue weighted by Gasteiger charge is -2.17. The third-order valence-corrected chi connectivity index (χ3v) is 3.96. The van der Waals surface area contributed by atoms with Crippen LogP contribution in [0.3, 0.4) is 0 Å². The molecule has 0 aliphatic carbocycles. The van der Waals surface area contributed by atoms with Gasteiger partial charge in [0, 0.05) is 11.5 Å². The molecule has 0 heterocycles. The predicted octanol–water partition coefficient (Wildman–Crippen LogP) is 4.82. The van der Waals surface area contributed by atoms with E-state index < -0.39 is 12.7 Å². The quantitative estimate of drug-likeness (QED) is 0.286. The number of benzene rings is 1. The molecule has 0 aromatic heterocycles. The van der Waals surface area contributed by atoms with E-state index in [-0.39, 0.29) is 28.0 Å². The van der Waals surface area contributed by atoms with Crippen molar-refractivity contribution in [2.75, 3.05) is 7.11 Å². The molecule has 0 unspecified atom stereocenters. The van der Waals surface area contributed by atoms with Crippen molar-refractivity contribution in [1.82, 2.24) is 0 Å². The van der Waals surface area contributed by atoms with Crippen LogP contribution in [-0.2, 0) is 0 Å². The van der Waals surface area contributed by atoms with E-state index >= 15 is 0 Å². The lowest BCUT2D eigenvalue weighted by molar-refractivity contribution is -0.0512. The summed E-state index contributed by atoms with van der Waals surface area (Å²) < 4.78 is 34.0. The van der Waals surface area contributed by atoms with Gasteiger partial charge < -0.3 is 19.8 Å². The van der Waals surface area contributed by atoms with Crippen molar-refractivity contribution < 1.29 is 28.6 Å². The van der Waals surface area contributed by atoms with Gasteiger partial charge in [-0.25, -0.2) is 0 Å². The second kappa shape index (κ2) is 10.2. The standard InChI is InChI=1S/C16H17Cl2F2NO4/c1-3-11(17)10(12(18)8-21-23)7-13(22)9-4-5-14(25-16(19)20)15(6-9)24-2/h3-6,8,13,16,22-23H,7H2,1-2H3/b11-3+,12-10+,21-8+/t13-/m0/s1. The number of allylic oxidation sites excluding steroid dienone is 3. The van der Waals surface area contributed by atoms with E-state index in [1.165, 1.54) is 25.3 Å². The minimum Gasteiger partial charge on any atom is -0.493 e. The number of methoxy groups -OCH3 is 1. The second-order valence-electron chi connectivity index (χ2n) is 4.72. The van der Waals surface area contributed by atoms with Crippen molar-refractivity contribution in [3.05, 3.63) is 45.5 Å². The first kappa shape index (κ1) is 21.2. The van der Waals surface area contributed by atoms with Crippen LogP contribution in [0.4, 0.5) is 8.78 Å². The number of hydrogen-bond acceptors (Lipinski definition) is 5. The molecule has 1 aromatic carbocycles. The summed E-state index contributed by atoms with van der Waals surface area (Å²) in [6.07, 6.45) is 1.47. The van der Waals surface area contributed by atoms with E-state index in [2.05, 4.69) is 9.89 Å². The first-order valence-corrected chi connectivity index (χ1v) is 7.78. The summed E-state index contributed by atoms with van der Waals surface area (Å²) in [4.78, 5) is 0. The number of aliphatic hydroxyl groups is 1. The Hall–Kier alpha value is -1.83. The Morgan fingerprint density at radius 3 is 2.52 bits per heavy atom. The first-order chi connectivity index (χ1) is 11.8. The Balaban J connectivity index is 3.13. The van der Waals surface area contributed by atoms with Crippen LogP contribution in [-0.4, -0.2) is 30.2 Å². The topological polar surface area (TPSA) is 71.3 Å². The van der Waals surface area contributed by atoms with E-state index in [9.17, 15) is 13.9 Å². The zero-order valence-electron chi connectivity index (χ0n) is 13.4. The fourth-order valence-electron chi connectivity index (χ4n) is 2.01. The Kier molecular flexibility index (Phi) is 8.68. The molecule has 5 nitrogen and oxygen atoms in total. The Morgan fingerprint density at radius 2 is 2.00 bits per heavy atom. The van der Waals surface area contributed by atoms with E-state index in [4.69, 9.17) is 33.1 Å². The van der Waals surface area contributed by atoms with Crippen molar-refractivity contribution in [2.24, 2.45) is 5.16 Å². The van der Waals surface area contributed by atoms with E-state index in [1.807, 2.05) is 0 Å². The van der Waals surface area contributed by atoms with Crippen LogP contribution in [0.5, 0.6) is 11.5 Å². The van der Waals surface area contributed by atoms with Crippen LogP contribution in [0.2, 0.25) is 0 Å². The SMILES string of the molecule is C\C=C(Cl)/C(C[C@H](O)c1ccc(OC(F)F)c(OC)c1)=C(Cl)\C=N\O. The van der Waals surface area contributed by atoms with Crippen molar-refractivity contribution in [1.29, 1.82) is 0 Å². The van der Waals surface area contributed by atoms with Gasteiger partial charge in [0.05, 0.1) is 24.5 Å². The molecule has 1 atom stereocenters. The summed E-state index contributed by atoms with van der Waals surface area (Å²) in [6, 6.07) is 4.05. The first-order valence-electron chi connectivity index (χ1n) is 7.03. The fourth-order valence-corrected chi connectivity index (χ4v) is 2.46. The fraction of sp³-hybridized carbons (Fsp3) is 0.312. The molecule has 1 rings (SSSR count). The Labute approximate surface area is 153 Å². The van der Waals surface area contributed by atoms with Crippen LogP contribution < -0.4 is 9.47 Å². The molecule has 0 saturated carbocycles. The minimum atomic E-state index is -3.00. The number of rotatable bonds is 8. The molecule has 0 spiro atoms. The molecule has 0 radical (unpaired) electrons. The smallest absolute Gasteiger partial charge is 0.387 e. The molecule has 1 aromatic rings. The van der Waals surface area contributed by atoms with Gasteiger partial charge in [0.1, 0.15) is 0 Å². The number of halogens is 4. The second-order valence-corrected chi connectivity index (χ2v) is 5.53. The van der Waals surface area contributed by atoms with Crippen LogP contribution in [0.15, 0.2) is 45.1 Å². The molecular weight excluding hydrogens is 379 g/mol. The highest BCUT2D eigenvalue weighted by molar-refractivity contribution is 6.42. The van der Waals surface area contributed by atoms with E-state index in [0.29, 0.717) is 11.1 Å². The highest BCUT2D eigenvalue weighted by Gasteiger charge is 2.18. The van der Waals surface area contributed by atoms with Gasteiger partial charge in [0.25, 0.3) is 0 Å². The number of oxime groups is 1. The number of ether oxygens (including phenoxy) is 2. The van der Waals surface area contributed by atoms with Crippen molar-refractivity contribution in [3.8, 4) is 11.5 Å². The molecule has 0 amide bonds. The third-order valence-electron chi connectivity index (χ3n) is 3.19. The summed E-state index contributed by atoms with van der Waals surface area (Å²) >= 11 is 12.1. The zero-order valence-corrected chi connectivity index (χ0v) is 14.9. The number of aliphatic hydroxyl groups excluding tert-OH is 1. The monoisotopic (exact) mass is 395 g/mol. The Bertz CT molecular complexity index is 678. The average molecular weight is 396 g/mol. The number of nitrogens with zero attached hydrogens (tertiary/aromatic N) is 1. The largest absolute Gasteiger partial charge is 0.493 e. The molecule has 0 bridgehead atoms. The summed E-state index contributed by atoms with van der Waals surface area (Å²) in [5, 5.41) is 22.2. The van der Waals surface area contributed by atoms with Gasteiger partial charge in [-0.15, -0.1) is 0 Å². The lowest BCUT2D eigenvalue weighted by Crippen LogP contribution is -2.06. The summed E-state index contributed by atoms with van der Waals surface area (Å²) in [6.45, 7) is -1.32. The maximum atomic E-state index is 12.4. The predicted molar refractivity (Wildman–Crippen MR) is 92.0 cm³/mol. The van der Waals surface area contributed by atoms with Crippen molar-refractivity contribution in [3.63, 3.8) is 0 Å². The molecule has 0 aliphatic heterocycles. The summed E-state index contributed by atoms with van der Waals surface area (Å²) in [7, 11) is 1.29. The maximum Gasteiger partial charge on any atom is 0.387 e. The zero-order chi connectivity index (χ0) is 19.0. The van der Waals surface area contributed by atoms with Gasteiger partial charge >= 0.3 is 6.61 Å². The van der Waals surface area contributed by atoms with Gasteiger partial charge in [-0.05, 0) is 30.2 Å². The summed E-state index contributed by atoms with van der Waals surface area (Å²) in [5.74, 6) is -0.108. The van der Waals surface area contributed by atoms with Crippen LogP contribution in [0.1, 0.15) is 25.0 Å². The van der Waals surface area contributed by atoms with Gasteiger partial charge in [-0.1, -0.05) is 40.5 Å². The van der Waals surface area contributed by atoms with Gasteiger partial charge in [0.2, 0.25) is 0 Å². The molecule has 9 heteroatoms. The Morgan fingerprint density at radius 1 is 1.32 bits per heavy atom. The van der Waals surface area contributed by atoms with Gasteiger partial charge in [-0.2, -0.15) is 8.78 Å². The third kappa shape index (κ3) is 6.19. The number of hydrogen-bond donors (Lipinski definition) is 2. The molecule has 0 saturated heterocycles. The maximum absolute atomic E-state index is 12.4. The molecule has 2 N–H and O–H groups in total. The molecular formula is C16H17Cl2F2NO4. The summed E-state index contributed by atoms with van der Waals surface area (Å²) in [5.41, 5.74) is 0.727. The van der Waals surface area contributed by atoms with Crippen molar-refractivity contribution in [2.45, 2.75) is 26.1 Å². The van der Waals surface area contributed by atoms with Crippen LogP contribution in [0.25, 0.3) is 0 Å². The van der Waals surface area contributed by atoms with Crippen molar-refractivity contribution >= 4 is 29.4 Å². The average Bonchev–Trinajstić information content (AvgIpc) is 2.58. The molecule has 25 heavy (non-hydrogen) atoms. The van der Waals surface area contributed by atoms with E-state index in [1.54, 1.807) is 13.0 Å². The molecule has 0 aliphatic rings. The van der Waals surface area contributed by atoms with Crippen LogP contribution >= 0.6 is 23.2 Å².